The molecule has 3 nitrogen and oxygen atoms in total. The van der Waals surface area contributed by atoms with E-state index in [2.05, 4.69) is 0 Å². The highest BCUT2D eigenvalue weighted by molar-refractivity contribution is 4.77. The number of hydrogen-bond donors (Lipinski definition) is 2. The smallest absolute Gasteiger partial charge is 0.396 e. The third-order valence-electron chi connectivity index (χ3n) is 2.52. The maximum absolute atomic E-state index is 12.6. The van der Waals surface area contributed by atoms with Crippen molar-refractivity contribution in [3.8, 4) is 0 Å². The average molecular weight is 242 g/mol. The molecule has 0 aromatic rings. The van der Waals surface area contributed by atoms with Gasteiger partial charge >= 0.3 is 6.18 Å². The zero-order valence-corrected chi connectivity index (χ0v) is 9.63. The van der Waals surface area contributed by atoms with E-state index in [9.17, 15) is 13.2 Å². The fourth-order valence-electron chi connectivity index (χ4n) is 1.60. The van der Waals surface area contributed by atoms with E-state index in [1.165, 1.54) is 11.9 Å². The first-order chi connectivity index (χ1) is 7.43. The Kier molecular flexibility index (Phi) is 7.70. The molecule has 3 N–H and O–H groups in total. The number of aliphatic hydroxyl groups is 1. The van der Waals surface area contributed by atoms with Crippen LogP contribution in [0.3, 0.4) is 0 Å². The molecule has 0 bridgehead atoms. The molecule has 6 heteroatoms. The van der Waals surface area contributed by atoms with Gasteiger partial charge in [-0.3, -0.25) is 4.90 Å². The summed E-state index contributed by atoms with van der Waals surface area (Å²) >= 11 is 0. The minimum atomic E-state index is -4.22. The molecule has 1 atom stereocenters. The molecular formula is C10H21F3N2O. The molecule has 0 heterocycles. The summed E-state index contributed by atoms with van der Waals surface area (Å²) in [5, 5.41) is 8.54. The van der Waals surface area contributed by atoms with Crippen molar-refractivity contribution in [2.75, 3.05) is 26.7 Å². The standard InChI is InChI=1S/C10H21F3N2O/c1-15(7-3-2-4-8-16)9(5-6-14)10(11,12)13/h9,16H,2-8,14H2,1H3. The normalized spacial score (nSPS) is 14.4. The van der Waals surface area contributed by atoms with E-state index in [-0.39, 0.29) is 19.6 Å². The van der Waals surface area contributed by atoms with Gasteiger partial charge in [-0.2, -0.15) is 13.2 Å². The van der Waals surface area contributed by atoms with Crippen molar-refractivity contribution in [1.29, 1.82) is 0 Å². The topological polar surface area (TPSA) is 49.5 Å². The number of unbranched alkanes of at least 4 members (excludes halogenated alkanes) is 2. The summed E-state index contributed by atoms with van der Waals surface area (Å²) in [6.45, 7) is 0.505. The van der Waals surface area contributed by atoms with Crippen LogP contribution in [0.2, 0.25) is 0 Å². The van der Waals surface area contributed by atoms with Gasteiger partial charge in [-0.1, -0.05) is 0 Å². The Balaban J connectivity index is 4.02. The Labute approximate surface area is 94.4 Å². The van der Waals surface area contributed by atoms with E-state index in [0.29, 0.717) is 19.4 Å². The van der Waals surface area contributed by atoms with Crippen LogP contribution in [-0.2, 0) is 0 Å². The van der Waals surface area contributed by atoms with Gasteiger partial charge in [0.15, 0.2) is 0 Å². The van der Waals surface area contributed by atoms with Gasteiger partial charge in [0.05, 0.1) is 0 Å². The summed E-state index contributed by atoms with van der Waals surface area (Å²) in [6.07, 6.45) is -2.24. The number of nitrogens with two attached hydrogens (primary N) is 1. The zero-order chi connectivity index (χ0) is 12.6. The van der Waals surface area contributed by atoms with Crippen molar-refractivity contribution in [1.82, 2.24) is 4.90 Å². The average Bonchev–Trinajstić information content (AvgIpc) is 2.19. The van der Waals surface area contributed by atoms with Crippen LogP contribution in [0.4, 0.5) is 13.2 Å². The molecule has 0 spiro atoms. The number of hydrogen-bond acceptors (Lipinski definition) is 3. The van der Waals surface area contributed by atoms with Crippen LogP contribution < -0.4 is 5.73 Å². The van der Waals surface area contributed by atoms with Crippen LogP contribution in [0, 0.1) is 0 Å². The molecular weight excluding hydrogens is 221 g/mol. The monoisotopic (exact) mass is 242 g/mol. The van der Waals surface area contributed by atoms with Crippen LogP contribution >= 0.6 is 0 Å². The molecule has 0 aliphatic rings. The molecule has 0 radical (unpaired) electrons. The van der Waals surface area contributed by atoms with Crippen LogP contribution in [0.5, 0.6) is 0 Å². The van der Waals surface area contributed by atoms with Gasteiger partial charge in [0, 0.05) is 6.61 Å². The minimum absolute atomic E-state index is 0.0329. The lowest BCUT2D eigenvalue weighted by atomic mass is 10.1. The summed E-state index contributed by atoms with van der Waals surface area (Å²) in [4.78, 5) is 1.30. The first kappa shape index (κ1) is 15.7. The van der Waals surface area contributed by atoms with Crippen LogP contribution in [0.1, 0.15) is 25.7 Å². The minimum Gasteiger partial charge on any atom is -0.396 e. The van der Waals surface area contributed by atoms with E-state index in [0.717, 1.165) is 6.42 Å². The molecule has 0 aromatic carbocycles. The van der Waals surface area contributed by atoms with Crippen LogP contribution in [0.15, 0.2) is 0 Å². The highest BCUT2D eigenvalue weighted by Crippen LogP contribution is 2.26. The summed E-state index contributed by atoms with van der Waals surface area (Å²) < 4.78 is 37.8. The van der Waals surface area contributed by atoms with Gasteiger partial charge in [-0.15, -0.1) is 0 Å². The van der Waals surface area contributed by atoms with Crippen molar-refractivity contribution in [3.05, 3.63) is 0 Å². The van der Waals surface area contributed by atoms with Gasteiger partial charge in [0.2, 0.25) is 0 Å². The second-order valence-corrected chi connectivity index (χ2v) is 3.90. The first-order valence-electron chi connectivity index (χ1n) is 5.51. The summed E-state index contributed by atoms with van der Waals surface area (Å²) in [6, 6.07) is -1.45. The fourth-order valence-corrected chi connectivity index (χ4v) is 1.60. The van der Waals surface area contributed by atoms with Gasteiger partial charge in [0.25, 0.3) is 0 Å². The predicted octanol–water partition coefficient (Wildman–Crippen LogP) is 1.36. The Morgan fingerprint density at radius 2 is 1.88 bits per heavy atom. The molecule has 0 aliphatic heterocycles. The number of halogens is 3. The van der Waals surface area contributed by atoms with Gasteiger partial charge < -0.3 is 10.8 Å². The number of nitrogens with zero attached hydrogens (tertiary/aromatic N) is 1. The highest BCUT2D eigenvalue weighted by Gasteiger charge is 2.41. The molecule has 0 rings (SSSR count). The van der Waals surface area contributed by atoms with Crippen molar-refractivity contribution in [3.63, 3.8) is 0 Å². The molecule has 98 valence electrons. The molecule has 0 aromatic heterocycles. The van der Waals surface area contributed by atoms with Gasteiger partial charge in [-0.25, -0.2) is 0 Å². The molecule has 0 amide bonds. The molecule has 0 saturated carbocycles. The first-order valence-corrected chi connectivity index (χ1v) is 5.51. The van der Waals surface area contributed by atoms with Crippen LogP contribution in [0.25, 0.3) is 0 Å². The quantitative estimate of drug-likeness (QED) is 0.632. The molecule has 1 unspecified atom stereocenters. The van der Waals surface area contributed by atoms with Crippen molar-refractivity contribution in [2.45, 2.75) is 37.9 Å². The summed E-state index contributed by atoms with van der Waals surface area (Å²) in [5.41, 5.74) is 5.18. The second kappa shape index (κ2) is 7.86. The third-order valence-corrected chi connectivity index (χ3v) is 2.52. The van der Waals surface area contributed by atoms with E-state index in [1.54, 1.807) is 0 Å². The molecule has 0 fully saturated rings. The lowest BCUT2D eigenvalue weighted by molar-refractivity contribution is -0.181. The second-order valence-electron chi connectivity index (χ2n) is 3.90. The fraction of sp³-hybridized carbons (Fsp3) is 1.00. The summed E-state index contributed by atoms with van der Waals surface area (Å²) in [7, 11) is 1.47. The lowest BCUT2D eigenvalue weighted by Gasteiger charge is -2.29. The molecule has 0 aliphatic carbocycles. The third kappa shape index (κ3) is 6.30. The van der Waals surface area contributed by atoms with Crippen LogP contribution in [-0.4, -0.2) is 49.0 Å². The number of aliphatic hydroxyl groups excluding tert-OH is 1. The SMILES string of the molecule is CN(CCCCCO)C(CCN)C(F)(F)F. The van der Waals surface area contributed by atoms with E-state index in [1.807, 2.05) is 0 Å². The Bertz CT molecular complexity index is 176. The van der Waals surface area contributed by atoms with Crippen molar-refractivity contribution in [2.24, 2.45) is 5.73 Å². The molecule has 0 saturated heterocycles. The number of rotatable bonds is 8. The Morgan fingerprint density at radius 1 is 1.25 bits per heavy atom. The maximum atomic E-state index is 12.6. The zero-order valence-electron chi connectivity index (χ0n) is 9.63. The Hall–Kier alpha value is -0.330. The maximum Gasteiger partial charge on any atom is 0.404 e. The Morgan fingerprint density at radius 3 is 2.31 bits per heavy atom. The van der Waals surface area contributed by atoms with E-state index in [4.69, 9.17) is 10.8 Å². The van der Waals surface area contributed by atoms with E-state index >= 15 is 0 Å². The van der Waals surface area contributed by atoms with Crippen molar-refractivity contribution >= 4 is 0 Å². The number of alkyl halides is 3. The predicted molar refractivity (Wildman–Crippen MR) is 57.1 cm³/mol. The lowest BCUT2D eigenvalue weighted by Crippen LogP contribution is -2.45. The molecule has 16 heavy (non-hydrogen) atoms. The van der Waals surface area contributed by atoms with Gasteiger partial charge in [0.1, 0.15) is 6.04 Å². The highest BCUT2D eigenvalue weighted by atomic mass is 19.4. The van der Waals surface area contributed by atoms with Gasteiger partial charge in [-0.05, 0) is 45.8 Å². The van der Waals surface area contributed by atoms with E-state index < -0.39 is 12.2 Å². The summed E-state index contributed by atoms with van der Waals surface area (Å²) in [5.74, 6) is 0. The van der Waals surface area contributed by atoms with Crippen molar-refractivity contribution < 1.29 is 18.3 Å². The largest absolute Gasteiger partial charge is 0.404 e.